The number of para-hydroxylation sites is 1. The number of carbonyl (C=O) groups is 2. The molecule has 0 radical (unpaired) electrons. The van der Waals surface area contributed by atoms with E-state index in [1.165, 1.54) is 22.7 Å². The second-order valence-corrected chi connectivity index (χ2v) is 16.6. The molecule has 54 heavy (non-hydrogen) atoms. The van der Waals surface area contributed by atoms with E-state index in [1.54, 1.807) is 0 Å². The third kappa shape index (κ3) is 7.52. The standard InChI is InChI=1S/C40H38N8O4S2/c1-40(2,3)23-46-21-26-20-42-48(35(26)41-24-46)27-13-15-28(16-14-27)52-19-7-12-33-34(37(50)51)44-39(54-33)47-18-17-25-8-6-9-29(30(25)22-47)36(49)45-38-43-31-10-4-5-11-32(31)53-38/h4-6,8-11,13-16,20-21,24H,7,12,17-19,22-23H2,1-3H3,(H-,43,45,49,50,51)/p+1. The summed E-state index contributed by atoms with van der Waals surface area (Å²) in [5, 5.41) is 19.7. The average molecular weight is 760 g/mol. The number of nitrogens with zero attached hydrogens (tertiary/aromatic N) is 7. The highest BCUT2D eigenvalue weighted by Gasteiger charge is 2.27. The molecule has 0 fully saturated rings. The lowest BCUT2D eigenvalue weighted by molar-refractivity contribution is -0.709. The van der Waals surface area contributed by atoms with Gasteiger partial charge in [-0.1, -0.05) is 56.4 Å². The van der Waals surface area contributed by atoms with Crippen molar-refractivity contribution in [3.8, 4) is 11.4 Å². The first kappa shape index (κ1) is 35.3. The number of aromatic carboxylic acids is 1. The number of benzene rings is 3. The van der Waals surface area contributed by atoms with E-state index in [1.807, 2.05) is 83.9 Å². The van der Waals surface area contributed by atoms with Crippen molar-refractivity contribution in [2.24, 2.45) is 5.41 Å². The molecule has 274 valence electrons. The van der Waals surface area contributed by atoms with Gasteiger partial charge in [0.05, 0.1) is 35.3 Å². The van der Waals surface area contributed by atoms with Gasteiger partial charge in [-0.15, -0.1) is 11.3 Å². The Hall–Kier alpha value is -5.73. The third-order valence-corrected chi connectivity index (χ3v) is 11.3. The maximum absolute atomic E-state index is 13.5. The maximum Gasteiger partial charge on any atom is 0.355 e. The number of rotatable bonds is 11. The molecule has 5 heterocycles. The van der Waals surface area contributed by atoms with Crippen molar-refractivity contribution in [3.05, 3.63) is 113 Å². The Morgan fingerprint density at radius 2 is 1.85 bits per heavy atom. The van der Waals surface area contributed by atoms with Gasteiger partial charge in [-0.25, -0.2) is 19.3 Å². The molecule has 0 spiro atoms. The Bertz CT molecular complexity index is 2470. The zero-order valence-corrected chi connectivity index (χ0v) is 31.8. The van der Waals surface area contributed by atoms with Crippen molar-refractivity contribution in [2.75, 3.05) is 23.4 Å². The summed E-state index contributed by atoms with van der Waals surface area (Å²) >= 11 is 2.83. The second kappa shape index (κ2) is 14.6. The summed E-state index contributed by atoms with van der Waals surface area (Å²) in [7, 11) is 0. The molecule has 0 saturated heterocycles. The fraction of sp³-hybridized carbons (Fsp3) is 0.275. The van der Waals surface area contributed by atoms with Crippen LogP contribution in [-0.2, 0) is 25.9 Å². The van der Waals surface area contributed by atoms with Gasteiger partial charge in [-0.05, 0) is 83.3 Å². The smallest absolute Gasteiger partial charge is 0.355 e. The summed E-state index contributed by atoms with van der Waals surface area (Å²) in [4.78, 5) is 42.3. The number of anilines is 2. The molecule has 0 aliphatic carbocycles. The number of carbonyl (C=O) groups excluding carboxylic acids is 1. The van der Waals surface area contributed by atoms with Crippen LogP contribution in [0.25, 0.3) is 26.9 Å². The van der Waals surface area contributed by atoms with Crippen LogP contribution in [-0.4, -0.2) is 54.9 Å². The number of carboxylic acid groups (broad SMARTS) is 1. The van der Waals surface area contributed by atoms with Gasteiger partial charge in [0, 0.05) is 23.5 Å². The number of amides is 1. The number of aryl methyl sites for hydroxylation is 1. The molecular formula is C40H39N8O4S2+. The normalized spacial score (nSPS) is 13.0. The van der Waals surface area contributed by atoms with Crippen LogP contribution in [0.3, 0.4) is 0 Å². The molecule has 2 N–H and O–H groups in total. The maximum atomic E-state index is 13.5. The molecule has 0 unspecified atom stereocenters. The molecular weight excluding hydrogens is 721 g/mol. The number of ether oxygens (including phenoxy) is 1. The number of thiazole rings is 2. The van der Waals surface area contributed by atoms with Gasteiger partial charge in [0.1, 0.15) is 17.3 Å². The molecule has 14 heteroatoms. The van der Waals surface area contributed by atoms with E-state index in [-0.39, 0.29) is 17.0 Å². The lowest BCUT2D eigenvalue weighted by Crippen LogP contribution is -2.40. The van der Waals surface area contributed by atoms with Crippen LogP contribution in [0.1, 0.15) is 64.0 Å². The lowest BCUT2D eigenvalue weighted by Gasteiger charge is -2.29. The van der Waals surface area contributed by atoms with Crippen LogP contribution in [0.2, 0.25) is 0 Å². The summed E-state index contributed by atoms with van der Waals surface area (Å²) in [6.45, 7) is 8.98. The number of fused-ring (bicyclic) bond motifs is 3. The summed E-state index contributed by atoms with van der Waals surface area (Å²) < 4.78 is 11.0. The second-order valence-electron chi connectivity index (χ2n) is 14.5. The van der Waals surface area contributed by atoms with E-state index in [9.17, 15) is 14.7 Å². The van der Waals surface area contributed by atoms with Gasteiger partial charge < -0.3 is 14.7 Å². The first-order chi connectivity index (χ1) is 26.1. The molecule has 4 aromatic heterocycles. The van der Waals surface area contributed by atoms with Crippen LogP contribution in [0.5, 0.6) is 5.75 Å². The van der Waals surface area contributed by atoms with E-state index in [0.717, 1.165) is 44.6 Å². The lowest BCUT2D eigenvalue weighted by atomic mass is 9.94. The zero-order chi connectivity index (χ0) is 37.4. The van der Waals surface area contributed by atoms with Crippen molar-refractivity contribution in [1.82, 2.24) is 24.7 Å². The Labute approximate surface area is 319 Å². The Morgan fingerprint density at radius 3 is 2.65 bits per heavy atom. The molecule has 0 saturated carbocycles. The van der Waals surface area contributed by atoms with Crippen LogP contribution in [0.15, 0.2) is 85.5 Å². The molecule has 3 aromatic carbocycles. The predicted molar refractivity (Wildman–Crippen MR) is 210 cm³/mol. The number of carboxylic acids is 1. The molecule has 1 aliphatic rings. The highest BCUT2D eigenvalue weighted by atomic mass is 32.1. The molecule has 1 aliphatic heterocycles. The molecule has 7 aromatic rings. The first-order valence-corrected chi connectivity index (χ1v) is 19.4. The molecule has 0 bridgehead atoms. The molecule has 12 nitrogen and oxygen atoms in total. The summed E-state index contributed by atoms with van der Waals surface area (Å²) in [6.07, 6.45) is 7.59. The highest BCUT2D eigenvalue weighted by Crippen LogP contribution is 2.33. The topological polar surface area (TPSA) is 139 Å². The molecule has 1 amide bonds. The zero-order valence-electron chi connectivity index (χ0n) is 30.2. The van der Waals surface area contributed by atoms with Crippen molar-refractivity contribution < 1.29 is 24.0 Å². The highest BCUT2D eigenvalue weighted by molar-refractivity contribution is 7.22. The van der Waals surface area contributed by atoms with Gasteiger partial charge >= 0.3 is 5.97 Å². The number of hydrogen-bond acceptors (Lipinski definition) is 10. The van der Waals surface area contributed by atoms with Crippen LogP contribution < -0.4 is 19.5 Å². The number of nitrogens with one attached hydrogen (secondary N) is 1. The van der Waals surface area contributed by atoms with Crippen molar-refractivity contribution >= 4 is 66.1 Å². The number of hydrogen-bond donors (Lipinski definition) is 2. The minimum atomic E-state index is -1.05. The Kier molecular flexibility index (Phi) is 9.54. The van der Waals surface area contributed by atoms with Gasteiger partial charge in [0.2, 0.25) is 0 Å². The van der Waals surface area contributed by atoms with Gasteiger partial charge in [0.25, 0.3) is 17.9 Å². The minimum Gasteiger partial charge on any atom is -0.494 e. The van der Waals surface area contributed by atoms with Gasteiger partial charge in [0.15, 0.2) is 16.0 Å². The third-order valence-electron chi connectivity index (χ3n) is 9.15. The summed E-state index contributed by atoms with van der Waals surface area (Å²) in [6, 6.07) is 21.3. The van der Waals surface area contributed by atoms with E-state index >= 15 is 0 Å². The van der Waals surface area contributed by atoms with Crippen molar-refractivity contribution in [2.45, 2.75) is 53.1 Å². The van der Waals surface area contributed by atoms with Crippen molar-refractivity contribution in [3.63, 3.8) is 0 Å². The van der Waals surface area contributed by atoms with Crippen molar-refractivity contribution in [1.29, 1.82) is 0 Å². The fourth-order valence-corrected chi connectivity index (χ4v) is 8.68. The largest absolute Gasteiger partial charge is 0.494 e. The Morgan fingerprint density at radius 1 is 1.02 bits per heavy atom. The first-order valence-electron chi connectivity index (χ1n) is 17.8. The molecule has 8 rings (SSSR count). The van der Waals surface area contributed by atoms with E-state index in [0.29, 0.717) is 65.4 Å². The average Bonchev–Trinajstić information content (AvgIpc) is 3.89. The van der Waals surface area contributed by atoms with Gasteiger partial charge in [-0.3, -0.25) is 10.1 Å². The summed E-state index contributed by atoms with van der Waals surface area (Å²) in [5.74, 6) is -0.559. The monoisotopic (exact) mass is 759 g/mol. The van der Waals surface area contributed by atoms with E-state index in [4.69, 9.17) is 4.74 Å². The SMILES string of the molecule is CC(C)(C)C[n+]1cnc2c(cnn2-c2ccc(OCCCc3sc(N4CCc5cccc(C(=O)Nc6nc7ccccc7s6)c5C4)nc3C(=O)O)cc2)c1. The number of aromatic nitrogens is 6. The van der Waals surface area contributed by atoms with Crippen LogP contribution in [0.4, 0.5) is 10.3 Å². The minimum absolute atomic E-state index is 0.0657. The Balaban J connectivity index is 0.896. The quantitative estimate of drug-likeness (QED) is 0.102. The fourth-order valence-electron chi connectivity index (χ4n) is 6.70. The van der Waals surface area contributed by atoms with E-state index < -0.39 is 5.97 Å². The van der Waals surface area contributed by atoms with Gasteiger partial charge in [-0.2, -0.15) is 9.78 Å². The summed E-state index contributed by atoms with van der Waals surface area (Å²) in [5.41, 5.74) is 5.30. The van der Waals surface area contributed by atoms with E-state index in [2.05, 4.69) is 61.8 Å². The van der Waals surface area contributed by atoms with Crippen LogP contribution >= 0.6 is 22.7 Å². The predicted octanol–water partition coefficient (Wildman–Crippen LogP) is 7.35. The van der Waals surface area contributed by atoms with Crippen LogP contribution in [0, 0.1) is 5.41 Å². The molecule has 0 atom stereocenters.